The number of nitrogens with zero attached hydrogens (tertiary/aromatic N) is 6. The molecule has 172 valence electrons. The molecule has 8 heteroatoms. The highest BCUT2D eigenvalue weighted by Gasteiger charge is 2.21. The molecule has 0 saturated carbocycles. The van der Waals surface area contributed by atoms with Gasteiger partial charge in [-0.1, -0.05) is 37.7 Å². The lowest BCUT2D eigenvalue weighted by Gasteiger charge is -2.24. The average Bonchev–Trinajstić information content (AvgIpc) is 3.49. The number of aromatic nitrogens is 4. The van der Waals surface area contributed by atoms with Gasteiger partial charge in [-0.2, -0.15) is 20.7 Å². The van der Waals surface area contributed by atoms with Crippen LogP contribution in [0.15, 0.2) is 58.7 Å². The minimum atomic E-state index is 0.403. The lowest BCUT2D eigenvalue weighted by atomic mass is 10.1. The Morgan fingerprint density at radius 2 is 1.74 bits per heavy atom. The van der Waals surface area contributed by atoms with Gasteiger partial charge in [-0.15, -0.1) is 0 Å². The highest BCUT2D eigenvalue weighted by molar-refractivity contribution is 7.99. The van der Waals surface area contributed by atoms with Crippen LogP contribution in [-0.4, -0.2) is 32.5 Å². The van der Waals surface area contributed by atoms with Crippen LogP contribution in [0.25, 0.3) is 16.6 Å². The number of nitriles is 2. The first kappa shape index (κ1) is 23.6. The van der Waals surface area contributed by atoms with Crippen molar-refractivity contribution in [1.29, 1.82) is 10.5 Å². The van der Waals surface area contributed by atoms with Crippen LogP contribution in [0.3, 0.4) is 0 Å². The summed E-state index contributed by atoms with van der Waals surface area (Å²) in [6.45, 7) is 8.12. The average molecular weight is 470 g/mol. The lowest BCUT2D eigenvalue weighted by molar-refractivity contribution is 0.338. The summed E-state index contributed by atoms with van der Waals surface area (Å²) < 4.78 is 3.90. The zero-order valence-electron chi connectivity index (χ0n) is 19.6. The van der Waals surface area contributed by atoms with E-state index >= 15 is 0 Å². The second-order valence-corrected chi connectivity index (χ2v) is 8.92. The summed E-state index contributed by atoms with van der Waals surface area (Å²) >= 11 is 1.48. The monoisotopic (exact) mass is 469 g/mol. The van der Waals surface area contributed by atoms with E-state index in [9.17, 15) is 10.5 Å². The Labute approximate surface area is 204 Å². The van der Waals surface area contributed by atoms with Gasteiger partial charge in [0.05, 0.1) is 35.1 Å². The summed E-state index contributed by atoms with van der Waals surface area (Å²) in [6, 6.07) is 14.5. The molecule has 1 saturated heterocycles. The quantitative estimate of drug-likeness (QED) is 0.433. The molecule has 0 radical (unpaired) electrons. The molecular formula is C26H27N7S. The van der Waals surface area contributed by atoms with E-state index in [0.29, 0.717) is 17.2 Å². The van der Waals surface area contributed by atoms with E-state index in [2.05, 4.69) is 40.2 Å². The lowest BCUT2D eigenvalue weighted by Crippen LogP contribution is -2.30. The minimum Gasteiger partial charge on any atom is -0.317 e. The van der Waals surface area contributed by atoms with Crippen molar-refractivity contribution in [2.24, 2.45) is 0 Å². The van der Waals surface area contributed by atoms with Crippen LogP contribution >= 0.6 is 11.8 Å². The van der Waals surface area contributed by atoms with Crippen molar-refractivity contribution in [2.45, 2.75) is 49.4 Å². The molecule has 1 fully saturated rings. The van der Waals surface area contributed by atoms with Gasteiger partial charge in [0.2, 0.25) is 0 Å². The van der Waals surface area contributed by atoms with Crippen molar-refractivity contribution in [3.05, 3.63) is 65.7 Å². The molecule has 4 aromatic rings. The molecule has 5 rings (SSSR count). The van der Waals surface area contributed by atoms with E-state index in [1.807, 2.05) is 44.4 Å². The first-order valence-corrected chi connectivity index (χ1v) is 12.3. The number of hydrogen-bond acceptors (Lipinski definition) is 6. The van der Waals surface area contributed by atoms with E-state index in [0.717, 1.165) is 58.1 Å². The van der Waals surface area contributed by atoms with Gasteiger partial charge >= 0.3 is 0 Å². The summed E-state index contributed by atoms with van der Waals surface area (Å²) in [7, 11) is 0. The maximum atomic E-state index is 9.61. The molecule has 0 aliphatic carbocycles. The van der Waals surface area contributed by atoms with Gasteiger partial charge in [0.25, 0.3) is 0 Å². The second kappa shape index (κ2) is 10.6. The number of fused-ring (bicyclic) bond motifs is 1. The first-order chi connectivity index (χ1) is 16.7. The molecule has 0 spiro atoms. The van der Waals surface area contributed by atoms with Gasteiger partial charge in [-0.25, -0.2) is 4.52 Å². The van der Waals surface area contributed by atoms with Crippen molar-refractivity contribution in [3.8, 4) is 23.3 Å². The van der Waals surface area contributed by atoms with Gasteiger partial charge in [0.15, 0.2) is 0 Å². The van der Waals surface area contributed by atoms with Crippen LogP contribution in [-0.2, 0) is 0 Å². The number of nitrogens with one attached hydrogen (secondary N) is 1. The Kier molecular flexibility index (Phi) is 7.32. The zero-order valence-corrected chi connectivity index (χ0v) is 20.4. The van der Waals surface area contributed by atoms with E-state index in [1.165, 1.54) is 11.8 Å². The Morgan fingerprint density at radius 1 is 1.00 bits per heavy atom. The highest BCUT2D eigenvalue weighted by atomic mass is 32.2. The van der Waals surface area contributed by atoms with Crippen molar-refractivity contribution in [2.75, 3.05) is 13.1 Å². The van der Waals surface area contributed by atoms with Crippen molar-refractivity contribution in [3.63, 3.8) is 0 Å². The fraction of sp³-hybridized carbons (Fsp3) is 0.308. The van der Waals surface area contributed by atoms with E-state index in [1.54, 1.807) is 16.8 Å². The van der Waals surface area contributed by atoms with Crippen LogP contribution in [0.5, 0.6) is 0 Å². The van der Waals surface area contributed by atoms with Crippen LogP contribution in [0.4, 0.5) is 0 Å². The molecule has 34 heavy (non-hydrogen) atoms. The van der Waals surface area contributed by atoms with Gasteiger partial charge in [-0.05, 0) is 51.1 Å². The van der Waals surface area contributed by atoms with Gasteiger partial charge in [0.1, 0.15) is 12.1 Å². The molecule has 1 N–H and O–H groups in total. The number of hydrogen-bond donors (Lipinski definition) is 1. The molecule has 1 aliphatic rings. The van der Waals surface area contributed by atoms with Crippen LogP contribution in [0.2, 0.25) is 0 Å². The molecule has 0 atom stereocenters. The smallest absolute Gasteiger partial charge is 0.103 e. The highest BCUT2D eigenvalue weighted by Crippen LogP contribution is 2.38. The molecule has 7 nitrogen and oxygen atoms in total. The van der Waals surface area contributed by atoms with E-state index in [-0.39, 0.29) is 0 Å². The van der Waals surface area contributed by atoms with Crippen LogP contribution in [0.1, 0.15) is 49.6 Å². The summed E-state index contributed by atoms with van der Waals surface area (Å²) in [6.07, 6.45) is 7.60. The summed E-state index contributed by atoms with van der Waals surface area (Å²) in [4.78, 5) is 1.73. The third-order valence-corrected chi connectivity index (χ3v) is 7.04. The van der Waals surface area contributed by atoms with E-state index < -0.39 is 0 Å². The van der Waals surface area contributed by atoms with Crippen molar-refractivity contribution in [1.82, 2.24) is 24.7 Å². The Balaban J connectivity index is 0.00000133. The molecule has 1 aliphatic heterocycles. The largest absolute Gasteiger partial charge is 0.317 e. The molecule has 0 amide bonds. The second-order valence-electron chi connectivity index (χ2n) is 7.84. The normalized spacial score (nSPS) is 13.7. The van der Waals surface area contributed by atoms with Crippen molar-refractivity contribution < 1.29 is 0 Å². The minimum absolute atomic E-state index is 0.403. The fourth-order valence-corrected chi connectivity index (χ4v) is 5.38. The molecule has 1 aromatic carbocycles. The Morgan fingerprint density at radius 3 is 2.47 bits per heavy atom. The van der Waals surface area contributed by atoms with Gasteiger partial charge < -0.3 is 5.32 Å². The van der Waals surface area contributed by atoms with Gasteiger partial charge in [0, 0.05) is 32.8 Å². The predicted octanol–water partition coefficient (Wildman–Crippen LogP) is 5.35. The summed E-state index contributed by atoms with van der Waals surface area (Å²) in [5.74, 6) is 0. The fourth-order valence-electron chi connectivity index (χ4n) is 4.28. The predicted molar refractivity (Wildman–Crippen MR) is 134 cm³/mol. The third kappa shape index (κ3) is 4.43. The first-order valence-electron chi connectivity index (χ1n) is 11.5. The third-order valence-electron chi connectivity index (χ3n) is 5.93. The van der Waals surface area contributed by atoms with Crippen LogP contribution < -0.4 is 5.32 Å². The number of benzene rings is 1. The maximum absolute atomic E-state index is 9.61. The number of rotatable bonds is 4. The molecule has 3 aromatic heterocycles. The summed E-state index contributed by atoms with van der Waals surface area (Å²) in [5.41, 5.74) is 5.02. The Hall–Kier alpha value is -3.59. The molecular weight excluding hydrogens is 442 g/mol. The van der Waals surface area contributed by atoms with E-state index in [4.69, 9.17) is 5.10 Å². The molecule has 0 bridgehead atoms. The van der Waals surface area contributed by atoms with Gasteiger partial charge in [-0.3, -0.25) is 4.68 Å². The van der Waals surface area contributed by atoms with Crippen LogP contribution in [0, 0.1) is 29.6 Å². The SMILES string of the molecule is CC.Cc1c(-c2cc(Sc3ccccc3C#N)c3c(C#N)cnn3c2)cnn1C1CCNCC1. The molecule has 4 heterocycles. The Bertz CT molecular complexity index is 1380. The summed E-state index contributed by atoms with van der Waals surface area (Å²) in [5, 5.41) is 31.7. The maximum Gasteiger partial charge on any atom is 0.103 e. The number of piperidine rings is 1. The number of pyridine rings is 1. The standard InChI is InChI=1S/C24H21N7S.C2H6/c1-16-21(14-29-31(16)20-6-8-27-9-7-20)18-10-23(24-19(12-26)13-28-30(24)15-18)32-22-5-3-2-4-17(22)11-25;1-2/h2-5,10,13-15,20,27H,6-9H2,1H3;1-2H3. The van der Waals surface area contributed by atoms with Crippen molar-refractivity contribution >= 4 is 17.3 Å². The molecule has 0 unspecified atom stereocenters. The topological polar surface area (TPSA) is 94.7 Å². The zero-order chi connectivity index (χ0) is 24.1.